The second kappa shape index (κ2) is 5.25. The molecule has 1 fully saturated rings. The van der Waals surface area contributed by atoms with Gasteiger partial charge in [0.05, 0.1) is 4.88 Å². The van der Waals surface area contributed by atoms with Crippen molar-refractivity contribution < 1.29 is 4.79 Å². The van der Waals surface area contributed by atoms with E-state index in [4.69, 9.17) is 5.73 Å². The zero-order valence-corrected chi connectivity index (χ0v) is 12.3. The number of nitrogens with zero attached hydrogens (tertiary/aromatic N) is 1. The highest BCUT2D eigenvalue weighted by Gasteiger charge is 2.32. The van der Waals surface area contributed by atoms with Crippen LogP contribution in [0.2, 0.25) is 0 Å². The van der Waals surface area contributed by atoms with Crippen molar-refractivity contribution in [2.24, 2.45) is 5.73 Å². The molecule has 4 heteroatoms. The van der Waals surface area contributed by atoms with E-state index in [2.05, 4.69) is 13.0 Å². The third-order valence-electron chi connectivity index (χ3n) is 4.53. The van der Waals surface area contributed by atoms with Crippen LogP contribution in [0.5, 0.6) is 0 Å². The van der Waals surface area contributed by atoms with Crippen LogP contribution in [0, 0.1) is 0 Å². The molecular formula is C15H22N2OS. The van der Waals surface area contributed by atoms with Crippen molar-refractivity contribution in [3.8, 4) is 0 Å². The molecule has 1 saturated heterocycles. The van der Waals surface area contributed by atoms with Crippen molar-refractivity contribution in [1.29, 1.82) is 0 Å². The van der Waals surface area contributed by atoms with Gasteiger partial charge in [-0.2, -0.15) is 0 Å². The lowest BCUT2D eigenvalue weighted by atomic mass is 10.1. The second-order valence-corrected chi connectivity index (χ2v) is 6.95. The average Bonchev–Trinajstić information content (AvgIpc) is 2.87. The number of carbonyl (C=O) groups is 1. The van der Waals surface area contributed by atoms with Crippen LogP contribution < -0.4 is 5.73 Å². The largest absolute Gasteiger partial charge is 0.334 e. The molecule has 1 aliphatic heterocycles. The van der Waals surface area contributed by atoms with E-state index < -0.39 is 0 Å². The molecule has 2 heterocycles. The summed E-state index contributed by atoms with van der Waals surface area (Å²) in [6.45, 7) is 2.87. The van der Waals surface area contributed by atoms with Gasteiger partial charge in [0.15, 0.2) is 0 Å². The Balaban J connectivity index is 1.81. The Labute approximate surface area is 118 Å². The van der Waals surface area contributed by atoms with Crippen LogP contribution in [0.15, 0.2) is 6.07 Å². The summed E-state index contributed by atoms with van der Waals surface area (Å²) in [5.41, 5.74) is 7.43. The number of thiophene rings is 1. The van der Waals surface area contributed by atoms with E-state index in [-0.39, 0.29) is 18.0 Å². The van der Waals surface area contributed by atoms with Gasteiger partial charge in [-0.15, -0.1) is 11.3 Å². The summed E-state index contributed by atoms with van der Waals surface area (Å²) in [4.78, 5) is 16.9. The summed E-state index contributed by atoms with van der Waals surface area (Å²) in [6.07, 6.45) is 7.09. The van der Waals surface area contributed by atoms with Crippen LogP contribution in [-0.2, 0) is 12.8 Å². The molecule has 2 aliphatic rings. The Kier molecular flexibility index (Phi) is 3.63. The standard InChI is InChI=1S/C15H22N2OS/c1-10-12(16)7-8-17(10)15(18)14-9-11-5-3-2-4-6-13(11)19-14/h9-10,12H,2-8,16H2,1H3. The zero-order valence-electron chi connectivity index (χ0n) is 11.5. The molecule has 3 nitrogen and oxygen atoms in total. The molecule has 1 aromatic rings. The first kappa shape index (κ1) is 13.1. The molecule has 2 N–H and O–H groups in total. The van der Waals surface area contributed by atoms with Crippen LogP contribution in [0.4, 0.5) is 0 Å². The van der Waals surface area contributed by atoms with E-state index >= 15 is 0 Å². The summed E-state index contributed by atoms with van der Waals surface area (Å²) in [5.74, 6) is 0.193. The van der Waals surface area contributed by atoms with Gasteiger partial charge in [-0.3, -0.25) is 4.79 Å². The van der Waals surface area contributed by atoms with Crippen molar-refractivity contribution in [3.05, 3.63) is 21.4 Å². The van der Waals surface area contributed by atoms with E-state index in [0.717, 1.165) is 30.7 Å². The van der Waals surface area contributed by atoms with E-state index in [9.17, 15) is 4.79 Å². The maximum Gasteiger partial charge on any atom is 0.264 e. The quantitative estimate of drug-likeness (QED) is 0.803. The lowest BCUT2D eigenvalue weighted by Gasteiger charge is -2.22. The number of hydrogen-bond donors (Lipinski definition) is 1. The third-order valence-corrected chi connectivity index (χ3v) is 5.76. The number of carbonyl (C=O) groups excluding carboxylic acids is 1. The number of hydrogen-bond acceptors (Lipinski definition) is 3. The van der Waals surface area contributed by atoms with Crippen molar-refractivity contribution in [2.75, 3.05) is 6.54 Å². The summed E-state index contributed by atoms with van der Waals surface area (Å²) < 4.78 is 0. The molecule has 2 unspecified atom stereocenters. The fraction of sp³-hybridized carbons (Fsp3) is 0.667. The van der Waals surface area contributed by atoms with Gasteiger partial charge in [-0.1, -0.05) is 6.42 Å². The highest BCUT2D eigenvalue weighted by atomic mass is 32.1. The molecule has 1 amide bonds. The number of aryl methyl sites for hydroxylation is 2. The first-order valence-corrected chi connectivity index (χ1v) is 8.16. The predicted octanol–water partition coefficient (Wildman–Crippen LogP) is 2.58. The Hall–Kier alpha value is -0.870. The molecular weight excluding hydrogens is 256 g/mol. The van der Waals surface area contributed by atoms with Gasteiger partial charge < -0.3 is 10.6 Å². The molecule has 104 valence electrons. The van der Waals surface area contributed by atoms with Gasteiger partial charge in [0.1, 0.15) is 0 Å². The molecule has 0 spiro atoms. The predicted molar refractivity (Wildman–Crippen MR) is 78.7 cm³/mol. The fourth-order valence-electron chi connectivity index (χ4n) is 3.16. The Morgan fingerprint density at radius 2 is 2.16 bits per heavy atom. The van der Waals surface area contributed by atoms with Crippen molar-refractivity contribution in [2.45, 2.75) is 57.5 Å². The van der Waals surface area contributed by atoms with Crippen LogP contribution in [0.1, 0.15) is 52.7 Å². The summed E-state index contributed by atoms with van der Waals surface area (Å²) in [7, 11) is 0. The molecule has 19 heavy (non-hydrogen) atoms. The van der Waals surface area contributed by atoms with Crippen LogP contribution in [-0.4, -0.2) is 29.4 Å². The normalized spacial score (nSPS) is 27.2. The van der Waals surface area contributed by atoms with Gasteiger partial charge in [0, 0.05) is 23.5 Å². The van der Waals surface area contributed by atoms with Crippen LogP contribution in [0.3, 0.4) is 0 Å². The van der Waals surface area contributed by atoms with E-state index in [1.807, 2.05) is 4.90 Å². The number of nitrogens with two attached hydrogens (primary N) is 1. The number of fused-ring (bicyclic) bond motifs is 1. The minimum Gasteiger partial charge on any atom is -0.334 e. The molecule has 3 rings (SSSR count). The lowest BCUT2D eigenvalue weighted by Crippen LogP contribution is -2.40. The van der Waals surface area contributed by atoms with Gasteiger partial charge in [-0.25, -0.2) is 0 Å². The molecule has 0 bridgehead atoms. The first-order valence-electron chi connectivity index (χ1n) is 7.35. The fourth-order valence-corrected chi connectivity index (χ4v) is 4.37. The van der Waals surface area contributed by atoms with Crippen LogP contribution in [0.25, 0.3) is 0 Å². The van der Waals surface area contributed by atoms with Gasteiger partial charge in [-0.05, 0) is 50.7 Å². The number of likely N-dealkylation sites (tertiary alicyclic amines) is 1. The molecule has 0 radical (unpaired) electrons. The van der Waals surface area contributed by atoms with Crippen molar-refractivity contribution in [3.63, 3.8) is 0 Å². The van der Waals surface area contributed by atoms with Crippen molar-refractivity contribution >= 4 is 17.2 Å². The Bertz CT molecular complexity index is 459. The summed E-state index contributed by atoms with van der Waals surface area (Å²) >= 11 is 1.71. The van der Waals surface area contributed by atoms with Gasteiger partial charge >= 0.3 is 0 Å². The third kappa shape index (κ3) is 2.43. The van der Waals surface area contributed by atoms with Gasteiger partial charge in [0.25, 0.3) is 5.91 Å². The van der Waals surface area contributed by atoms with E-state index in [0.29, 0.717) is 0 Å². The molecule has 0 saturated carbocycles. The number of amides is 1. The highest BCUT2D eigenvalue weighted by molar-refractivity contribution is 7.14. The Morgan fingerprint density at radius 3 is 2.89 bits per heavy atom. The lowest BCUT2D eigenvalue weighted by molar-refractivity contribution is 0.0747. The molecule has 2 atom stereocenters. The zero-order chi connectivity index (χ0) is 13.4. The molecule has 0 aromatic carbocycles. The minimum absolute atomic E-state index is 0.140. The van der Waals surface area contributed by atoms with Crippen LogP contribution >= 0.6 is 11.3 Å². The summed E-state index contributed by atoms with van der Waals surface area (Å²) in [6, 6.07) is 2.46. The SMILES string of the molecule is CC1C(N)CCN1C(=O)c1cc2c(s1)CCCCC2. The van der Waals surface area contributed by atoms with Gasteiger partial charge in [0.2, 0.25) is 0 Å². The highest BCUT2D eigenvalue weighted by Crippen LogP contribution is 2.31. The minimum atomic E-state index is 0.140. The topological polar surface area (TPSA) is 46.3 Å². The number of rotatable bonds is 1. The second-order valence-electron chi connectivity index (χ2n) is 5.81. The smallest absolute Gasteiger partial charge is 0.264 e. The maximum atomic E-state index is 12.6. The summed E-state index contributed by atoms with van der Waals surface area (Å²) in [5, 5.41) is 0. The average molecular weight is 278 g/mol. The molecule has 1 aliphatic carbocycles. The van der Waals surface area contributed by atoms with Crippen molar-refractivity contribution in [1.82, 2.24) is 4.90 Å². The van der Waals surface area contributed by atoms with E-state index in [1.54, 1.807) is 11.3 Å². The monoisotopic (exact) mass is 278 g/mol. The Morgan fingerprint density at radius 1 is 1.37 bits per heavy atom. The first-order chi connectivity index (χ1) is 9.16. The molecule has 1 aromatic heterocycles. The van der Waals surface area contributed by atoms with E-state index in [1.165, 1.54) is 29.7 Å². The maximum absolute atomic E-state index is 12.6.